The molecule has 6 nitrogen and oxygen atoms in total. The number of hydrogen-bond acceptors (Lipinski definition) is 4. The van der Waals surface area contributed by atoms with Gasteiger partial charge < -0.3 is 5.32 Å². The highest BCUT2D eigenvalue weighted by Gasteiger charge is 2.05. The van der Waals surface area contributed by atoms with Crippen LogP contribution in [0.1, 0.15) is 24.5 Å². The fourth-order valence-corrected chi connectivity index (χ4v) is 2.02. The van der Waals surface area contributed by atoms with E-state index in [9.17, 15) is 9.59 Å². The van der Waals surface area contributed by atoms with Crippen molar-refractivity contribution in [2.75, 3.05) is 0 Å². The molecule has 1 aromatic heterocycles. The van der Waals surface area contributed by atoms with Crippen LogP contribution in [-0.2, 0) is 22.6 Å². The van der Waals surface area contributed by atoms with E-state index in [1.165, 1.54) is 0 Å². The Kier molecular flexibility index (Phi) is 6.64. The lowest BCUT2D eigenvalue weighted by Crippen LogP contribution is -2.26. The largest absolute Gasteiger partial charge is 0.352 e. The van der Waals surface area contributed by atoms with E-state index < -0.39 is 0 Å². The molecule has 0 aliphatic carbocycles. The molecule has 0 saturated heterocycles. The first-order valence-electron chi connectivity index (χ1n) is 7.65. The molecule has 2 N–H and O–H groups in total. The second kappa shape index (κ2) is 9.19. The molecule has 0 spiro atoms. The number of nitrogens with zero attached hydrogens (tertiary/aromatic N) is 2. The molecule has 1 aromatic carbocycles. The molecule has 0 aliphatic heterocycles. The number of benzene rings is 1. The lowest BCUT2D eigenvalue weighted by Gasteiger charge is -2.05. The summed E-state index contributed by atoms with van der Waals surface area (Å²) in [5.74, 6) is -0.367. The molecule has 0 unspecified atom stereocenters. The third kappa shape index (κ3) is 6.39. The van der Waals surface area contributed by atoms with Crippen LogP contribution in [0.5, 0.6) is 0 Å². The van der Waals surface area contributed by atoms with Crippen molar-refractivity contribution in [1.29, 1.82) is 0 Å². The Labute approximate surface area is 141 Å². The maximum Gasteiger partial charge on any atom is 0.244 e. The molecule has 0 fully saturated rings. The average Bonchev–Trinajstić information content (AvgIpc) is 2.60. The van der Waals surface area contributed by atoms with Gasteiger partial charge in [-0.25, -0.2) is 5.43 Å². The van der Waals surface area contributed by atoms with Crippen LogP contribution < -0.4 is 10.7 Å². The molecule has 6 heteroatoms. The van der Waals surface area contributed by atoms with Crippen molar-refractivity contribution in [1.82, 2.24) is 15.7 Å². The Balaban J connectivity index is 1.72. The van der Waals surface area contributed by atoms with Crippen molar-refractivity contribution in [3.8, 4) is 0 Å². The maximum atomic E-state index is 11.8. The molecule has 2 aromatic rings. The summed E-state index contributed by atoms with van der Waals surface area (Å²) in [6.45, 7) is 2.12. The number of amides is 2. The predicted octanol–water partition coefficient (Wildman–Crippen LogP) is 1.82. The van der Waals surface area contributed by atoms with Gasteiger partial charge in [-0.05, 0) is 24.1 Å². The molecule has 1 heterocycles. The smallest absolute Gasteiger partial charge is 0.244 e. The van der Waals surface area contributed by atoms with E-state index in [1.807, 2.05) is 42.5 Å². The topological polar surface area (TPSA) is 83.4 Å². The van der Waals surface area contributed by atoms with Crippen molar-refractivity contribution < 1.29 is 9.59 Å². The standard InChI is InChI=1S/C18H20N4O2/c1-14(10-17(23)20-13-16-8-5-9-19-12-16)21-22-18(24)11-15-6-3-2-4-7-15/h2-9,12H,10-11,13H2,1H3,(H,20,23)(H,22,24)/b21-14-. The molecular weight excluding hydrogens is 304 g/mol. The number of hydrazone groups is 1. The van der Waals surface area contributed by atoms with Crippen LogP contribution in [0.25, 0.3) is 0 Å². The molecule has 24 heavy (non-hydrogen) atoms. The van der Waals surface area contributed by atoms with E-state index in [0.717, 1.165) is 11.1 Å². The van der Waals surface area contributed by atoms with Crippen LogP contribution in [0.2, 0.25) is 0 Å². The van der Waals surface area contributed by atoms with Gasteiger partial charge in [0.15, 0.2) is 0 Å². The minimum absolute atomic E-state index is 0.131. The summed E-state index contributed by atoms with van der Waals surface area (Å²) in [7, 11) is 0. The molecule has 2 amide bonds. The second-order valence-corrected chi connectivity index (χ2v) is 5.36. The van der Waals surface area contributed by atoms with Crippen molar-refractivity contribution in [2.24, 2.45) is 5.10 Å². The van der Waals surface area contributed by atoms with Crippen molar-refractivity contribution in [2.45, 2.75) is 26.3 Å². The normalized spacial score (nSPS) is 11.0. The monoisotopic (exact) mass is 324 g/mol. The Hall–Kier alpha value is -3.02. The zero-order valence-electron chi connectivity index (χ0n) is 13.5. The van der Waals surface area contributed by atoms with Crippen LogP contribution in [0.3, 0.4) is 0 Å². The lowest BCUT2D eigenvalue weighted by atomic mass is 10.1. The minimum Gasteiger partial charge on any atom is -0.352 e. The van der Waals surface area contributed by atoms with Crippen molar-refractivity contribution in [3.63, 3.8) is 0 Å². The second-order valence-electron chi connectivity index (χ2n) is 5.36. The van der Waals surface area contributed by atoms with Crippen LogP contribution in [0.15, 0.2) is 60.0 Å². The van der Waals surface area contributed by atoms with Gasteiger partial charge in [0.1, 0.15) is 0 Å². The first-order chi connectivity index (χ1) is 11.6. The Morgan fingerprint density at radius 3 is 2.50 bits per heavy atom. The fraction of sp³-hybridized carbons (Fsp3) is 0.222. The Morgan fingerprint density at radius 2 is 1.79 bits per heavy atom. The molecule has 0 aliphatic rings. The highest BCUT2D eigenvalue weighted by atomic mass is 16.2. The third-order valence-electron chi connectivity index (χ3n) is 3.21. The van der Waals surface area contributed by atoms with Gasteiger partial charge in [-0.1, -0.05) is 36.4 Å². The summed E-state index contributed by atoms with van der Waals surface area (Å²) in [6.07, 6.45) is 3.77. The molecule has 124 valence electrons. The van der Waals surface area contributed by atoms with E-state index in [1.54, 1.807) is 19.3 Å². The number of rotatable bonds is 7. The van der Waals surface area contributed by atoms with Gasteiger partial charge in [0.2, 0.25) is 11.8 Å². The molecular formula is C18H20N4O2. The quantitative estimate of drug-likeness (QED) is 0.602. The van der Waals surface area contributed by atoms with E-state index in [4.69, 9.17) is 0 Å². The summed E-state index contributed by atoms with van der Waals surface area (Å²) in [4.78, 5) is 27.6. The number of hydrogen-bond donors (Lipinski definition) is 2. The van der Waals surface area contributed by atoms with Crippen LogP contribution in [0, 0.1) is 0 Å². The third-order valence-corrected chi connectivity index (χ3v) is 3.21. The van der Waals surface area contributed by atoms with E-state index in [-0.39, 0.29) is 24.7 Å². The first-order valence-corrected chi connectivity index (χ1v) is 7.65. The van der Waals surface area contributed by atoms with E-state index >= 15 is 0 Å². The van der Waals surface area contributed by atoms with Gasteiger partial charge in [0.25, 0.3) is 0 Å². The van der Waals surface area contributed by atoms with Gasteiger partial charge in [0.05, 0.1) is 12.8 Å². The van der Waals surface area contributed by atoms with Gasteiger partial charge in [0, 0.05) is 24.7 Å². The number of nitrogens with one attached hydrogen (secondary N) is 2. The summed E-state index contributed by atoms with van der Waals surface area (Å²) >= 11 is 0. The predicted molar refractivity (Wildman–Crippen MR) is 92.1 cm³/mol. The van der Waals surface area contributed by atoms with Crippen molar-refractivity contribution >= 4 is 17.5 Å². The molecule has 0 atom stereocenters. The summed E-state index contributed by atoms with van der Waals surface area (Å²) < 4.78 is 0. The summed E-state index contributed by atoms with van der Waals surface area (Å²) in [5.41, 5.74) is 4.85. The fourth-order valence-electron chi connectivity index (χ4n) is 2.02. The molecule has 0 saturated carbocycles. The van der Waals surface area contributed by atoms with Crippen molar-refractivity contribution in [3.05, 3.63) is 66.0 Å². The van der Waals surface area contributed by atoms with E-state index in [2.05, 4.69) is 20.8 Å². The zero-order chi connectivity index (χ0) is 17.2. The van der Waals surface area contributed by atoms with Gasteiger partial charge >= 0.3 is 0 Å². The summed E-state index contributed by atoms with van der Waals surface area (Å²) in [5, 5.41) is 6.74. The molecule has 2 rings (SSSR count). The first kappa shape index (κ1) is 17.3. The number of carbonyl (C=O) groups excluding carboxylic acids is 2. The van der Waals surface area contributed by atoms with Crippen LogP contribution in [-0.4, -0.2) is 22.5 Å². The minimum atomic E-state index is -0.212. The molecule has 0 radical (unpaired) electrons. The van der Waals surface area contributed by atoms with Crippen LogP contribution in [0.4, 0.5) is 0 Å². The highest BCUT2D eigenvalue weighted by molar-refractivity contribution is 6.00. The maximum absolute atomic E-state index is 11.8. The summed E-state index contributed by atoms with van der Waals surface area (Å²) in [6, 6.07) is 13.1. The van der Waals surface area contributed by atoms with E-state index in [0.29, 0.717) is 12.3 Å². The van der Waals surface area contributed by atoms with Gasteiger partial charge in [-0.2, -0.15) is 5.10 Å². The van der Waals surface area contributed by atoms with Crippen LogP contribution >= 0.6 is 0 Å². The lowest BCUT2D eigenvalue weighted by molar-refractivity contribution is -0.121. The number of pyridine rings is 1. The molecule has 0 bridgehead atoms. The highest BCUT2D eigenvalue weighted by Crippen LogP contribution is 1.99. The SMILES string of the molecule is C/C(CC(=O)NCc1cccnc1)=N/NC(=O)Cc1ccccc1. The van der Waals surface area contributed by atoms with Gasteiger partial charge in [-0.15, -0.1) is 0 Å². The zero-order valence-corrected chi connectivity index (χ0v) is 13.5. The number of aromatic nitrogens is 1. The van der Waals surface area contributed by atoms with Gasteiger partial charge in [-0.3, -0.25) is 14.6 Å². The Morgan fingerprint density at radius 1 is 1.04 bits per heavy atom. The average molecular weight is 324 g/mol. The Bertz CT molecular complexity index is 699. The number of carbonyl (C=O) groups is 2.